The number of anilines is 1. The summed E-state index contributed by atoms with van der Waals surface area (Å²) in [6, 6.07) is 4.64. The molecule has 1 saturated carbocycles. The van der Waals surface area contributed by atoms with E-state index < -0.39 is 10.0 Å². The summed E-state index contributed by atoms with van der Waals surface area (Å²) in [6.07, 6.45) is 4.61. The molecule has 1 aromatic carbocycles. The standard InChI is InChI=1S/C13H19BrN2O2S/c1-9(10-4-2-3-5-10)16-19(17,18)11-6-7-13(15)12(14)8-11/h6-10,16H,2-5,15H2,1H3. The van der Waals surface area contributed by atoms with E-state index >= 15 is 0 Å². The van der Waals surface area contributed by atoms with Crippen molar-refractivity contribution in [2.24, 2.45) is 5.92 Å². The van der Waals surface area contributed by atoms with Gasteiger partial charge in [-0.2, -0.15) is 0 Å². The van der Waals surface area contributed by atoms with E-state index in [0.29, 0.717) is 16.1 Å². The van der Waals surface area contributed by atoms with E-state index in [-0.39, 0.29) is 10.9 Å². The Morgan fingerprint density at radius 3 is 2.58 bits per heavy atom. The summed E-state index contributed by atoms with van der Waals surface area (Å²) in [5, 5.41) is 0. The Morgan fingerprint density at radius 1 is 1.37 bits per heavy atom. The zero-order chi connectivity index (χ0) is 14.0. The first-order valence-electron chi connectivity index (χ1n) is 6.47. The molecular weight excluding hydrogens is 328 g/mol. The second-order valence-corrected chi connectivity index (χ2v) is 7.71. The summed E-state index contributed by atoms with van der Waals surface area (Å²) < 4.78 is 28.0. The average Bonchev–Trinajstić information content (AvgIpc) is 2.85. The average molecular weight is 347 g/mol. The number of halogens is 1. The first-order valence-corrected chi connectivity index (χ1v) is 8.75. The molecule has 1 fully saturated rings. The van der Waals surface area contributed by atoms with E-state index in [1.807, 2.05) is 6.92 Å². The SMILES string of the molecule is CC(NS(=O)(=O)c1ccc(N)c(Br)c1)C1CCCC1. The maximum atomic E-state index is 12.3. The molecule has 0 saturated heterocycles. The smallest absolute Gasteiger partial charge is 0.240 e. The third kappa shape index (κ3) is 3.49. The van der Waals surface area contributed by atoms with Crippen molar-refractivity contribution in [2.45, 2.75) is 43.5 Å². The van der Waals surface area contributed by atoms with Gasteiger partial charge in [0.1, 0.15) is 0 Å². The second kappa shape index (κ2) is 5.81. The molecule has 3 N–H and O–H groups in total. The highest BCUT2D eigenvalue weighted by Gasteiger charge is 2.26. The Morgan fingerprint density at radius 2 is 2.00 bits per heavy atom. The van der Waals surface area contributed by atoms with Crippen molar-refractivity contribution in [3.8, 4) is 0 Å². The molecule has 0 aliphatic heterocycles. The highest BCUT2D eigenvalue weighted by molar-refractivity contribution is 9.10. The minimum absolute atomic E-state index is 0.0242. The fraction of sp³-hybridized carbons (Fsp3) is 0.538. The lowest BCUT2D eigenvalue weighted by molar-refractivity contribution is 0.424. The van der Waals surface area contributed by atoms with Crippen LogP contribution in [-0.2, 0) is 10.0 Å². The first-order chi connectivity index (χ1) is 8.90. The van der Waals surface area contributed by atoms with E-state index in [4.69, 9.17) is 5.73 Å². The Bertz CT molecular complexity index is 554. The monoisotopic (exact) mass is 346 g/mol. The Kier molecular flexibility index (Phi) is 4.53. The molecular formula is C13H19BrN2O2S. The predicted molar refractivity (Wildman–Crippen MR) is 80.3 cm³/mol. The van der Waals surface area contributed by atoms with Gasteiger partial charge in [0.05, 0.1) is 4.90 Å². The lowest BCUT2D eigenvalue weighted by atomic mass is 10.0. The molecule has 6 heteroatoms. The molecule has 0 aromatic heterocycles. The maximum absolute atomic E-state index is 12.3. The van der Waals surface area contributed by atoms with Crippen molar-refractivity contribution >= 4 is 31.6 Å². The highest BCUT2D eigenvalue weighted by atomic mass is 79.9. The van der Waals surface area contributed by atoms with Gasteiger partial charge in [0.25, 0.3) is 0 Å². The minimum atomic E-state index is -3.47. The van der Waals surface area contributed by atoms with Crippen molar-refractivity contribution in [2.75, 3.05) is 5.73 Å². The fourth-order valence-electron chi connectivity index (χ4n) is 2.54. The highest BCUT2D eigenvalue weighted by Crippen LogP contribution is 2.29. The number of nitrogens with two attached hydrogens (primary N) is 1. The van der Waals surface area contributed by atoms with Gasteiger partial charge in [-0.1, -0.05) is 12.8 Å². The first kappa shape index (κ1) is 14.8. The number of benzene rings is 1. The summed E-state index contributed by atoms with van der Waals surface area (Å²) in [7, 11) is -3.47. The number of hydrogen-bond acceptors (Lipinski definition) is 3. The largest absolute Gasteiger partial charge is 0.398 e. The molecule has 1 aliphatic rings. The molecule has 0 radical (unpaired) electrons. The minimum Gasteiger partial charge on any atom is -0.398 e. The lowest BCUT2D eigenvalue weighted by Crippen LogP contribution is -2.37. The van der Waals surface area contributed by atoms with Crippen LogP contribution in [0.4, 0.5) is 5.69 Å². The molecule has 1 aromatic rings. The van der Waals surface area contributed by atoms with Gasteiger partial charge in [-0.05, 0) is 59.8 Å². The molecule has 0 bridgehead atoms. The van der Waals surface area contributed by atoms with E-state index in [9.17, 15) is 8.42 Å². The molecule has 1 unspecified atom stereocenters. The van der Waals surface area contributed by atoms with Gasteiger partial charge in [-0.25, -0.2) is 13.1 Å². The van der Waals surface area contributed by atoms with Crippen LogP contribution in [0.1, 0.15) is 32.6 Å². The summed E-state index contributed by atoms with van der Waals surface area (Å²) in [5.41, 5.74) is 6.20. The van der Waals surface area contributed by atoms with Crippen LogP contribution < -0.4 is 10.5 Å². The van der Waals surface area contributed by atoms with Gasteiger partial charge in [0, 0.05) is 16.2 Å². The molecule has 2 rings (SSSR count). The molecule has 0 spiro atoms. The zero-order valence-electron chi connectivity index (χ0n) is 10.9. The van der Waals surface area contributed by atoms with Crippen LogP contribution in [0.2, 0.25) is 0 Å². The lowest BCUT2D eigenvalue weighted by Gasteiger charge is -2.20. The van der Waals surface area contributed by atoms with E-state index in [0.717, 1.165) is 12.8 Å². The molecule has 4 nitrogen and oxygen atoms in total. The van der Waals surface area contributed by atoms with Gasteiger partial charge in [0.15, 0.2) is 0 Å². The topological polar surface area (TPSA) is 72.2 Å². The maximum Gasteiger partial charge on any atom is 0.240 e. The Balaban J connectivity index is 2.15. The fourth-order valence-corrected chi connectivity index (χ4v) is 4.41. The van der Waals surface area contributed by atoms with Crippen LogP contribution in [-0.4, -0.2) is 14.5 Å². The quantitative estimate of drug-likeness (QED) is 0.823. The third-order valence-electron chi connectivity index (χ3n) is 3.73. The number of nitrogens with one attached hydrogen (secondary N) is 1. The predicted octanol–water partition coefficient (Wildman–Crippen LogP) is 2.89. The van der Waals surface area contributed by atoms with Gasteiger partial charge in [0.2, 0.25) is 10.0 Å². The van der Waals surface area contributed by atoms with Crippen molar-refractivity contribution < 1.29 is 8.42 Å². The molecule has 1 aliphatic carbocycles. The van der Waals surface area contributed by atoms with Gasteiger partial charge < -0.3 is 5.73 Å². The summed E-state index contributed by atoms with van der Waals surface area (Å²) in [6.45, 7) is 1.94. The summed E-state index contributed by atoms with van der Waals surface area (Å²) >= 11 is 3.25. The number of rotatable bonds is 4. The van der Waals surface area contributed by atoms with Crippen LogP contribution in [0, 0.1) is 5.92 Å². The number of sulfonamides is 1. The molecule has 0 amide bonds. The molecule has 19 heavy (non-hydrogen) atoms. The van der Waals surface area contributed by atoms with Crippen molar-refractivity contribution in [3.63, 3.8) is 0 Å². The molecule has 1 atom stereocenters. The zero-order valence-corrected chi connectivity index (χ0v) is 13.3. The van der Waals surface area contributed by atoms with Gasteiger partial charge in [-0.3, -0.25) is 0 Å². The van der Waals surface area contributed by atoms with Crippen LogP contribution in [0.15, 0.2) is 27.6 Å². The Hall–Kier alpha value is -0.590. The second-order valence-electron chi connectivity index (χ2n) is 5.14. The van der Waals surface area contributed by atoms with Crippen LogP contribution in [0.25, 0.3) is 0 Å². The van der Waals surface area contributed by atoms with Gasteiger partial charge in [-0.15, -0.1) is 0 Å². The number of nitrogen functional groups attached to an aromatic ring is 1. The van der Waals surface area contributed by atoms with Crippen molar-refractivity contribution in [1.29, 1.82) is 0 Å². The van der Waals surface area contributed by atoms with E-state index in [2.05, 4.69) is 20.7 Å². The third-order valence-corrected chi connectivity index (χ3v) is 5.97. The van der Waals surface area contributed by atoms with E-state index in [1.165, 1.54) is 18.9 Å². The van der Waals surface area contributed by atoms with Gasteiger partial charge >= 0.3 is 0 Å². The normalized spacial score (nSPS) is 18.6. The molecule has 0 heterocycles. The summed E-state index contributed by atoms with van der Waals surface area (Å²) in [5.74, 6) is 0.451. The van der Waals surface area contributed by atoms with E-state index in [1.54, 1.807) is 12.1 Å². The summed E-state index contributed by atoms with van der Waals surface area (Å²) in [4.78, 5) is 0.249. The molecule has 106 valence electrons. The van der Waals surface area contributed by atoms with Crippen LogP contribution >= 0.6 is 15.9 Å². The number of hydrogen-bond donors (Lipinski definition) is 2. The van der Waals surface area contributed by atoms with Crippen LogP contribution in [0.3, 0.4) is 0 Å². The van der Waals surface area contributed by atoms with Crippen molar-refractivity contribution in [1.82, 2.24) is 4.72 Å². The Labute approximate surface area is 122 Å². The van der Waals surface area contributed by atoms with Crippen LogP contribution in [0.5, 0.6) is 0 Å². The van der Waals surface area contributed by atoms with Crippen molar-refractivity contribution in [3.05, 3.63) is 22.7 Å².